The van der Waals surface area contributed by atoms with E-state index >= 15 is 0 Å². The minimum Gasteiger partial charge on any atom is -0.481 e. The Morgan fingerprint density at radius 2 is 1.66 bits per heavy atom. The van der Waals surface area contributed by atoms with Gasteiger partial charge >= 0.3 is 12.1 Å². The maximum atomic E-state index is 13.1. The van der Waals surface area contributed by atoms with Gasteiger partial charge in [-0.2, -0.15) is 0 Å². The minimum atomic E-state index is -1.37. The summed E-state index contributed by atoms with van der Waals surface area (Å²) in [5, 5.41) is 14.9. The van der Waals surface area contributed by atoms with Crippen LogP contribution >= 0.6 is 0 Å². The molecule has 2 aliphatic carbocycles. The smallest absolute Gasteiger partial charge is 0.408 e. The highest BCUT2D eigenvalue weighted by Gasteiger charge is 2.39. The summed E-state index contributed by atoms with van der Waals surface area (Å²) in [5.74, 6) is -1.84. The third kappa shape index (κ3) is 5.32. The molecule has 1 fully saturated rings. The number of hydrogen-bond acceptors (Lipinski definition) is 5. The molecule has 8 nitrogen and oxygen atoms in total. The maximum Gasteiger partial charge on any atom is 0.408 e. The summed E-state index contributed by atoms with van der Waals surface area (Å²) in [4.78, 5) is 37.3. The average Bonchev–Trinajstić information content (AvgIpc) is 3.16. The fraction of sp³-hybridized carbons (Fsp3) is 0.444. The van der Waals surface area contributed by atoms with Gasteiger partial charge < -0.3 is 25.2 Å². The van der Waals surface area contributed by atoms with E-state index in [4.69, 9.17) is 9.47 Å². The number of amides is 2. The topological polar surface area (TPSA) is 114 Å². The van der Waals surface area contributed by atoms with E-state index in [0.29, 0.717) is 19.3 Å². The number of carbonyl (C=O) groups is 3. The number of hydrogen-bond donors (Lipinski definition) is 3. The van der Waals surface area contributed by atoms with Crippen molar-refractivity contribution in [2.75, 3.05) is 20.3 Å². The highest BCUT2D eigenvalue weighted by Crippen LogP contribution is 2.44. The van der Waals surface area contributed by atoms with Gasteiger partial charge in [0, 0.05) is 19.1 Å². The summed E-state index contributed by atoms with van der Waals surface area (Å²) in [5.41, 5.74) is 3.10. The SMILES string of the molecule is COCC(C)(NC(=O)OCC1c2ccccc2-c2ccccc21)C(=O)N[C@@H]1CCC[C@@H](C(=O)O)C1. The van der Waals surface area contributed by atoms with Gasteiger partial charge in [0.25, 0.3) is 0 Å². The molecule has 2 aromatic carbocycles. The van der Waals surface area contributed by atoms with Gasteiger partial charge in [-0.05, 0) is 48.4 Å². The van der Waals surface area contributed by atoms with Crippen LogP contribution in [0.3, 0.4) is 0 Å². The van der Waals surface area contributed by atoms with Crippen LogP contribution in [0, 0.1) is 5.92 Å². The zero-order chi connectivity index (χ0) is 25.0. The molecule has 1 unspecified atom stereocenters. The van der Waals surface area contributed by atoms with Crippen LogP contribution in [0.25, 0.3) is 11.1 Å². The number of carbonyl (C=O) groups excluding carboxylic acids is 2. The largest absolute Gasteiger partial charge is 0.481 e. The molecule has 8 heteroatoms. The Kier molecular flexibility index (Phi) is 7.40. The van der Waals surface area contributed by atoms with Crippen molar-refractivity contribution in [3.05, 3.63) is 59.7 Å². The van der Waals surface area contributed by atoms with Gasteiger partial charge in [0.1, 0.15) is 12.1 Å². The maximum absolute atomic E-state index is 13.1. The number of rotatable bonds is 8. The number of carboxylic acid groups (broad SMARTS) is 1. The van der Waals surface area contributed by atoms with Crippen LogP contribution in [0.15, 0.2) is 48.5 Å². The number of alkyl carbamates (subject to hydrolysis) is 1. The molecule has 0 bridgehead atoms. The van der Waals surface area contributed by atoms with Crippen molar-refractivity contribution in [3.8, 4) is 11.1 Å². The molecular weight excluding hydrogens is 448 g/mol. The van der Waals surface area contributed by atoms with Crippen LogP contribution in [0.4, 0.5) is 4.79 Å². The number of carboxylic acids is 1. The molecule has 2 amide bonds. The molecule has 2 aromatic rings. The highest BCUT2D eigenvalue weighted by atomic mass is 16.5. The Morgan fingerprint density at radius 1 is 1.03 bits per heavy atom. The predicted molar refractivity (Wildman–Crippen MR) is 130 cm³/mol. The molecule has 0 radical (unpaired) electrons. The first-order chi connectivity index (χ1) is 16.8. The van der Waals surface area contributed by atoms with Crippen LogP contribution in [0.5, 0.6) is 0 Å². The Hall–Kier alpha value is -3.39. The molecule has 4 rings (SSSR count). The number of methoxy groups -OCH3 is 1. The number of nitrogens with one attached hydrogen (secondary N) is 2. The third-order valence-electron chi connectivity index (χ3n) is 7.01. The van der Waals surface area contributed by atoms with Crippen LogP contribution < -0.4 is 10.6 Å². The van der Waals surface area contributed by atoms with Crippen molar-refractivity contribution < 1.29 is 29.0 Å². The van der Waals surface area contributed by atoms with E-state index in [9.17, 15) is 19.5 Å². The summed E-state index contributed by atoms with van der Waals surface area (Å²) in [6.07, 6.45) is 1.68. The van der Waals surface area contributed by atoms with Crippen molar-refractivity contribution in [2.24, 2.45) is 5.92 Å². The summed E-state index contributed by atoms with van der Waals surface area (Å²) in [6, 6.07) is 15.9. The second-order valence-corrected chi connectivity index (χ2v) is 9.59. The summed E-state index contributed by atoms with van der Waals surface area (Å²) >= 11 is 0. The fourth-order valence-corrected chi connectivity index (χ4v) is 5.20. The molecule has 0 saturated heterocycles. The van der Waals surface area contributed by atoms with Crippen molar-refractivity contribution in [1.29, 1.82) is 0 Å². The molecule has 2 aliphatic rings. The highest BCUT2D eigenvalue weighted by molar-refractivity contribution is 5.90. The first kappa shape index (κ1) is 24.7. The molecule has 3 atom stereocenters. The van der Waals surface area contributed by atoms with Gasteiger partial charge in [-0.3, -0.25) is 9.59 Å². The van der Waals surface area contributed by atoms with Gasteiger partial charge in [-0.15, -0.1) is 0 Å². The summed E-state index contributed by atoms with van der Waals surface area (Å²) < 4.78 is 10.8. The summed E-state index contributed by atoms with van der Waals surface area (Å²) in [6.45, 7) is 1.65. The van der Waals surface area contributed by atoms with Gasteiger partial charge in [-0.25, -0.2) is 4.79 Å². The molecule has 186 valence electrons. The van der Waals surface area contributed by atoms with Crippen molar-refractivity contribution in [3.63, 3.8) is 0 Å². The lowest BCUT2D eigenvalue weighted by Crippen LogP contribution is -2.61. The first-order valence-corrected chi connectivity index (χ1v) is 12.0. The van der Waals surface area contributed by atoms with Crippen molar-refractivity contribution in [1.82, 2.24) is 10.6 Å². The zero-order valence-electron chi connectivity index (χ0n) is 20.1. The Labute approximate surface area is 205 Å². The number of aliphatic carboxylic acids is 1. The standard InChI is InChI=1S/C27H32N2O6/c1-27(16-34-2,25(32)28-18-9-7-8-17(14-18)24(30)31)29-26(33)35-15-23-21-12-5-3-10-19(21)20-11-4-6-13-22(20)23/h3-6,10-13,17-18,23H,7-9,14-16H2,1-2H3,(H,28,32)(H,29,33)(H,30,31)/t17-,18-,27?/m1/s1. The van der Waals surface area contributed by atoms with Crippen LogP contribution in [0.2, 0.25) is 0 Å². The van der Waals surface area contributed by atoms with E-state index in [-0.39, 0.29) is 25.2 Å². The molecule has 0 heterocycles. The van der Waals surface area contributed by atoms with Crippen LogP contribution in [-0.2, 0) is 19.1 Å². The van der Waals surface area contributed by atoms with E-state index in [1.165, 1.54) is 7.11 Å². The lowest BCUT2D eigenvalue weighted by molar-refractivity contribution is -0.143. The van der Waals surface area contributed by atoms with Crippen molar-refractivity contribution >= 4 is 18.0 Å². The number of benzene rings is 2. The van der Waals surface area contributed by atoms with Crippen LogP contribution in [-0.4, -0.2) is 55.0 Å². The fourth-order valence-electron chi connectivity index (χ4n) is 5.20. The Bertz CT molecular complexity index is 1060. The zero-order valence-corrected chi connectivity index (χ0v) is 20.1. The van der Waals surface area contributed by atoms with Gasteiger partial charge in [-0.1, -0.05) is 55.0 Å². The van der Waals surface area contributed by atoms with Gasteiger partial charge in [0.2, 0.25) is 5.91 Å². The van der Waals surface area contributed by atoms with E-state index in [2.05, 4.69) is 22.8 Å². The first-order valence-electron chi connectivity index (χ1n) is 12.0. The van der Waals surface area contributed by atoms with Gasteiger partial charge in [0.05, 0.1) is 12.5 Å². The molecule has 1 saturated carbocycles. The van der Waals surface area contributed by atoms with Crippen molar-refractivity contribution in [2.45, 2.75) is 50.1 Å². The molecule has 35 heavy (non-hydrogen) atoms. The minimum absolute atomic E-state index is 0.0574. The lowest BCUT2D eigenvalue weighted by Gasteiger charge is -2.33. The summed E-state index contributed by atoms with van der Waals surface area (Å²) in [7, 11) is 1.45. The Balaban J connectivity index is 1.40. The second-order valence-electron chi connectivity index (χ2n) is 9.59. The molecule has 3 N–H and O–H groups in total. The quantitative estimate of drug-likeness (QED) is 0.531. The number of ether oxygens (including phenoxy) is 2. The third-order valence-corrected chi connectivity index (χ3v) is 7.01. The van der Waals surface area contributed by atoms with E-state index < -0.39 is 29.4 Å². The predicted octanol–water partition coefficient (Wildman–Crippen LogP) is 3.69. The average molecular weight is 481 g/mol. The molecule has 0 aliphatic heterocycles. The normalized spacial score (nSPS) is 20.7. The monoisotopic (exact) mass is 480 g/mol. The van der Waals surface area contributed by atoms with E-state index in [0.717, 1.165) is 28.7 Å². The Morgan fingerprint density at radius 3 is 2.26 bits per heavy atom. The molecule has 0 spiro atoms. The molecule has 0 aromatic heterocycles. The number of fused-ring (bicyclic) bond motifs is 3. The van der Waals surface area contributed by atoms with E-state index in [1.807, 2.05) is 36.4 Å². The second kappa shape index (κ2) is 10.5. The van der Waals surface area contributed by atoms with E-state index in [1.54, 1.807) is 6.92 Å². The lowest BCUT2D eigenvalue weighted by atomic mass is 9.85. The van der Waals surface area contributed by atoms with Crippen LogP contribution in [0.1, 0.15) is 49.7 Å². The molecular formula is C27H32N2O6. The van der Waals surface area contributed by atoms with Gasteiger partial charge in [0.15, 0.2) is 0 Å².